The molecule has 1 fully saturated rings. The van der Waals surface area contributed by atoms with E-state index in [9.17, 15) is 0 Å². The minimum atomic E-state index is 0. The Balaban J connectivity index is 0.000000592. The fourth-order valence-electron chi connectivity index (χ4n) is 4.03. The molecule has 0 amide bonds. The van der Waals surface area contributed by atoms with Gasteiger partial charge in [-0.15, -0.1) is 29.8 Å². The van der Waals surface area contributed by atoms with Gasteiger partial charge in [-0.2, -0.15) is 0 Å². The van der Waals surface area contributed by atoms with Crippen molar-refractivity contribution in [1.29, 1.82) is 0 Å². The molecule has 2 nitrogen and oxygen atoms in total. The number of hydrogen-bond donors (Lipinski definition) is 0. The quantitative estimate of drug-likeness (QED) is 0.250. The molecule has 3 rings (SSSR count). The average molecular weight is 621 g/mol. The van der Waals surface area contributed by atoms with Gasteiger partial charge < -0.3 is 17.2 Å². The van der Waals surface area contributed by atoms with Crippen LogP contribution in [0.1, 0.15) is 52.7 Å². The Bertz CT molecular complexity index is 728. The summed E-state index contributed by atoms with van der Waals surface area (Å²) in [7, 11) is 6.29. The maximum absolute atomic E-state index is 5.11. The number of halogens is 1. The fraction of sp³-hybridized carbons (Fsp3) is 0.481. The van der Waals surface area contributed by atoms with E-state index in [1.165, 1.54) is 23.5 Å². The van der Waals surface area contributed by atoms with E-state index in [2.05, 4.69) is 74.3 Å². The van der Waals surface area contributed by atoms with Crippen LogP contribution in [0.15, 0.2) is 47.5 Å². The van der Waals surface area contributed by atoms with Crippen molar-refractivity contribution in [2.24, 2.45) is 34.6 Å². The van der Waals surface area contributed by atoms with Gasteiger partial charge in [0.05, 0.1) is 12.8 Å². The third-order valence-corrected chi connectivity index (χ3v) is 6.89. The van der Waals surface area contributed by atoms with E-state index in [4.69, 9.17) is 4.74 Å². The van der Waals surface area contributed by atoms with Gasteiger partial charge >= 0.3 is 27.5 Å². The summed E-state index contributed by atoms with van der Waals surface area (Å²) >= 11 is 1.47. The second kappa shape index (κ2) is 14.8. The number of methoxy groups -OCH3 is 1. The number of hydrogen-bond acceptors (Lipinski definition) is 2. The Labute approximate surface area is 206 Å². The van der Waals surface area contributed by atoms with Gasteiger partial charge in [-0.25, -0.2) is 0 Å². The molecule has 2 aromatic carbocycles. The first-order chi connectivity index (χ1) is 14.2. The standard InChI is InChI=1S/C16H16NO.C10H20.CH3.ClH.Ir/c1-12-4-8-15(9-5-12)17-13(2)14-6-10-16(18-3)11-7-14;1-6-7(2)9(4)10(5)8(6)3;;;/h4-6,8-11H,1-3H3;6-10H,1-5H3;1H3;1H;/q-1;;-1;;+3/p-1. The van der Waals surface area contributed by atoms with Gasteiger partial charge in [0.2, 0.25) is 0 Å². The number of aryl methyl sites for hydroxylation is 1. The number of rotatable bonds is 3. The van der Waals surface area contributed by atoms with Crippen LogP contribution >= 0.6 is 9.58 Å². The van der Waals surface area contributed by atoms with Crippen molar-refractivity contribution < 1.29 is 22.6 Å². The predicted molar refractivity (Wildman–Crippen MR) is 133 cm³/mol. The number of ether oxygens (including phenoxy) is 1. The third kappa shape index (κ3) is 8.72. The Kier molecular flexibility index (Phi) is 14.3. The van der Waals surface area contributed by atoms with Crippen molar-refractivity contribution in [3.05, 3.63) is 67.1 Å². The van der Waals surface area contributed by atoms with Gasteiger partial charge in [-0.1, -0.05) is 59.2 Å². The summed E-state index contributed by atoms with van der Waals surface area (Å²) in [5.74, 6) is 5.48. The zero-order chi connectivity index (χ0) is 22.8. The molecule has 0 bridgehead atoms. The van der Waals surface area contributed by atoms with Crippen LogP contribution < -0.4 is 4.74 Å². The first-order valence-electron chi connectivity index (χ1n) is 10.5. The SMILES string of the molecule is CC1C(C)C(C)C(C)C1C.COc1c[c-]c(C(C)=Nc2ccc(C)cc2)cc1.[CH3-].[Cl][Ir+2]. The molecule has 174 valence electrons. The molecule has 0 aromatic heterocycles. The fourth-order valence-corrected chi connectivity index (χ4v) is 4.03. The van der Waals surface area contributed by atoms with Crippen molar-refractivity contribution in [2.75, 3.05) is 7.11 Å². The van der Waals surface area contributed by atoms with Crippen LogP contribution in [0.5, 0.6) is 5.75 Å². The molecule has 0 atom stereocenters. The van der Waals surface area contributed by atoms with Crippen molar-refractivity contribution in [3.8, 4) is 5.75 Å². The molecule has 0 heterocycles. The van der Waals surface area contributed by atoms with E-state index in [-0.39, 0.29) is 7.43 Å². The Morgan fingerprint density at radius 2 is 1.32 bits per heavy atom. The van der Waals surface area contributed by atoms with Crippen LogP contribution in [-0.2, 0) is 17.9 Å². The zero-order valence-corrected chi connectivity index (χ0v) is 23.6. The molecule has 4 heteroatoms. The number of benzene rings is 2. The molecule has 0 aliphatic heterocycles. The summed E-state index contributed by atoms with van der Waals surface area (Å²) in [5, 5.41) is 0. The summed E-state index contributed by atoms with van der Waals surface area (Å²) in [4.78, 5) is 4.57. The first-order valence-corrected chi connectivity index (χ1v) is 13.5. The zero-order valence-electron chi connectivity index (χ0n) is 20.5. The molecular weight excluding hydrogens is 582 g/mol. The molecule has 0 saturated heterocycles. The molecule has 0 N–H and O–H groups in total. The summed E-state index contributed by atoms with van der Waals surface area (Å²) in [6.07, 6.45) is 0. The molecular formula is C27H39ClIrNO. The van der Waals surface area contributed by atoms with E-state index >= 15 is 0 Å². The summed E-state index contributed by atoms with van der Waals surface area (Å²) in [6, 6.07) is 17.0. The molecule has 0 unspecified atom stereocenters. The Morgan fingerprint density at radius 3 is 1.68 bits per heavy atom. The molecule has 1 saturated carbocycles. The van der Waals surface area contributed by atoms with Crippen LogP contribution in [0, 0.1) is 50.0 Å². The van der Waals surface area contributed by atoms with Crippen molar-refractivity contribution >= 4 is 21.0 Å². The second-order valence-electron chi connectivity index (χ2n) is 8.47. The summed E-state index contributed by atoms with van der Waals surface area (Å²) in [5.41, 5.74) is 4.13. The van der Waals surface area contributed by atoms with Crippen LogP contribution in [0.2, 0.25) is 0 Å². The van der Waals surface area contributed by atoms with Gasteiger partial charge in [-0.05, 0) is 54.4 Å². The summed E-state index contributed by atoms with van der Waals surface area (Å²) in [6.45, 7) is 16.0. The van der Waals surface area contributed by atoms with E-state index in [0.29, 0.717) is 0 Å². The Hall–Kier alpha value is -1.15. The predicted octanol–water partition coefficient (Wildman–Crippen LogP) is 8.26. The van der Waals surface area contributed by atoms with Crippen LogP contribution in [-0.4, -0.2) is 12.8 Å². The summed E-state index contributed by atoms with van der Waals surface area (Å²) < 4.78 is 5.11. The van der Waals surface area contributed by atoms with Gasteiger partial charge in [0.25, 0.3) is 0 Å². The second-order valence-corrected chi connectivity index (χ2v) is 8.47. The van der Waals surface area contributed by atoms with Crippen LogP contribution in [0.4, 0.5) is 5.69 Å². The molecule has 0 radical (unpaired) electrons. The number of nitrogens with zero attached hydrogens (tertiary/aromatic N) is 1. The monoisotopic (exact) mass is 621 g/mol. The maximum atomic E-state index is 5.11. The van der Waals surface area contributed by atoms with Crippen LogP contribution in [0.3, 0.4) is 0 Å². The van der Waals surface area contributed by atoms with Gasteiger partial charge in [0, 0.05) is 5.75 Å². The Morgan fingerprint density at radius 1 is 0.871 bits per heavy atom. The number of aliphatic imine (C=N–C) groups is 1. The van der Waals surface area contributed by atoms with E-state index in [1.54, 1.807) is 7.11 Å². The van der Waals surface area contributed by atoms with Crippen molar-refractivity contribution in [3.63, 3.8) is 0 Å². The molecule has 1 aliphatic rings. The van der Waals surface area contributed by atoms with Crippen LogP contribution in [0.25, 0.3) is 0 Å². The third-order valence-electron chi connectivity index (χ3n) is 6.89. The topological polar surface area (TPSA) is 21.6 Å². The molecule has 1 aliphatic carbocycles. The van der Waals surface area contributed by atoms with Gasteiger partial charge in [0.1, 0.15) is 0 Å². The first kappa shape index (κ1) is 29.8. The van der Waals surface area contributed by atoms with E-state index in [1.807, 2.05) is 37.3 Å². The van der Waals surface area contributed by atoms with Crippen molar-refractivity contribution in [2.45, 2.75) is 48.5 Å². The van der Waals surface area contributed by atoms with E-state index in [0.717, 1.165) is 52.3 Å². The molecule has 2 aromatic rings. The molecule has 31 heavy (non-hydrogen) atoms. The van der Waals surface area contributed by atoms with E-state index < -0.39 is 0 Å². The van der Waals surface area contributed by atoms with Gasteiger partial charge in [0.15, 0.2) is 0 Å². The minimum absolute atomic E-state index is 0. The van der Waals surface area contributed by atoms with Gasteiger partial charge in [-0.3, -0.25) is 0 Å². The molecule has 0 spiro atoms. The average Bonchev–Trinajstić information content (AvgIpc) is 2.95. The normalized spacial score (nSPS) is 24.7. The van der Waals surface area contributed by atoms with Crippen molar-refractivity contribution in [1.82, 2.24) is 0 Å².